The molecule has 0 radical (unpaired) electrons. The van der Waals surface area contributed by atoms with Gasteiger partial charge >= 0.3 is 5.97 Å². The molecule has 0 aromatic rings. The summed E-state index contributed by atoms with van der Waals surface area (Å²) in [6.45, 7) is 2.79. The van der Waals surface area contributed by atoms with Gasteiger partial charge in [0.05, 0.1) is 7.11 Å². The molecule has 74 valence electrons. The highest BCUT2D eigenvalue weighted by atomic mass is 16.5. The van der Waals surface area contributed by atoms with Gasteiger partial charge in [0.25, 0.3) is 0 Å². The molecule has 0 atom stereocenters. The topological polar surface area (TPSA) is 38.7 Å². The Labute approximate surface area is 79.5 Å². The third-order valence-corrected chi connectivity index (χ3v) is 1.46. The molecule has 0 heterocycles. The SMILES string of the molecule is CC/C=C\CCC/N=C/C(=O)OC. The maximum atomic E-state index is 10.6. The lowest BCUT2D eigenvalue weighted by molar-refractivity contribution is -0.132. The lowest BCUT2D eigenvalue weighted by Crippen LogP contribution is -2.01. The minimum atomic E-state index is -0.385. The average Bonchev–Trinajstić information content (AvgIpc) is 2.16. The number of hydrogen-bond donors (Lipinski definition) is 0. The van der Waals surface area contributed by atoms with Crippen molar-refractivity contribution in [3.05, 3.63) is 12.2 Å². The van der Waals surface area contributed by atoms with E-state index in [0.29, 0.717) is 6.54 Å². The minimum absolute atomic E-state index is 0.385. The van der Waals surface area contributed by atoms with Crippen molar-refractivity contribution >= 4 is 12.2 Å². The number of allylic oxidation sites excluding steroid dienone is 2. The third-order valence-electron chi connectivity index (χ3n) is 1.46. The summed E-state index contributed by atoms with van der Waals surface area (Å²) in [5.41, 5.74) is 0. The zero-order valence-electron chi connectivity index (χ0n) is 8.32. The van der Waals surface area contributed by atoms with Crippen molar-refractivity contribution in [3.8, 4) is 0 Å². The largest absolute Gasteiger partial charge is 0.465 e. The highest BCUT2D eigenvalue weighted by molar-refractivity contribution is 6.23. The molecule has 0 saturated carbocycles. The van der Waals surface area contributed by atoms with E-state index in [1.54, 1.807) is 0 Å². The molecule has 3 nitrogen and oxygen atoms in total. The van der Waals surface area contributed by atoms with Gasteiger partial charge in [0.2, 0.25) is 0 Å². The number of aliphatic imine (C=N–C) groups is 1. The van der Waals surface area contributed by atoms with Gasteiger partial charge < -0.3 is 4.74 Å². The lowest BCUT2D eigenvalue weighted by atomic mass is 10.3. The van der Waals surface area contributed by atoms with Crippen molar-refractivity contribution in [1.82, 2.24) is 0 Å². The first-order chi connectivity index (χ1) is 6.31. The van der Waals surface area contributed by atoms with E-state index in [1.165, 1.54) is 13.3 Å². The molecule has 0 N–H and O–H groups in total. The van der Waals surface area contributed by atoms with E-state index in [-0.39, 0.29) is 5.97 Å². The van der Waals surface area contributed by atoms with Crippen LogP contribution in [-0.2, 0) is 9.53 Å². The Balaban J connectivity index is 3.30. The molecule has 0 fully saturated rings. The summed E-state index contributed by atoms with van der Waals surface area (Å²) in [6.07, 6.45) is 8.56. The number of rotatable bonds is 6. The molecule has 0 aliphatic heterocycles. The second kappa shape index (κ2) is 8.97. The summed E-state index contributed by atoms with van der Waals surface area (Å²) >= 11 is 0. The van der Waals surface area contributed by atoms with Crippen LogP contribution in [0.1, 0.15) is 26.2 Å². The number of methoxy groups -OCH3 is 1. The molecule has 13 heavy (non-hydrogen) atoms. The van der Waals surface area contributed by atoms with Gasteiger partial charge in [-0.3, -0.25) is 4.99 Å². The minimum Gasteiger partial charge on any atom is -0.465 e. The van der Waals surface area contributed by atoms with E-state index in [9.17, 15) is 4.79 Å². The Morgan fingerprint density at radius 3 is 2.85 bits per heavy atom. The van der Waals surface area contributed by atoms with Gasteiger partial charge in [-0.05, 0) is 19.3 Å². The fourth-order valence-corrected chi connectivity index (χ4v) is 0.777. The van der Waals surface area contributed by atoms with Gasteiger partial charge in [-0.2, -0.15) is 0 Å². The van der Waals surface area contributed by atoms with Crippen LogP contribution in [0, 0.1) is 0 Å². The second-order valence-corrected chi connectivity index (χ2v) is 2.58. The Kier molecular flexibility index (Phi) is 8.20. The first kappa shape index (κ1) is 11.9. The second-order valence-electron chi connectivity index (χ2n) is 2.58. The molecule has 0 rings (SSSR count). The van der Waals surface area contributed by atoms with Gasteiger partial charge in [0.1, 0.15) is 6.21 Å². The summed E-state index contributed by atoms with van der Waals surface area (Å²) in [4.78, 5) is 14.5. The van der Waals surface area contributed by atoms with Crippen LogP contribution in [-0.4, -0.2) is 25.8 Å². The number of nitrogens with zero attached hydrogens (tertiary/aromatic N) is 1. The van der Waals surface area contributed by atoms with Gasteiger partial charge in [-0.25, -0.2) is 4.79 Å². The Hall–Kier alpha value is -1.12. The fourth-order valence-electron chi connectivity index (χ4n) is 0.777. The molecule has 0 aliphatic carbocycles. The molecule has 0 aromatic heterocycles. The summed E-state index contributed by atoms with van der Waals surface area (Å²) in [5.74, 6) is -0.385. The van der Waals surface area contributed by atoms with Crippen molar-refractivity contribution in [1.29, 1.82) is 0 Å². The van der Waals surface area contributed by atoms with Crippen molar-refractivity contribution in [3.63, 3.8) is 0 Å². The van der Waals surface area contributed by atoms with Crippen LogP contribution in [0.2, 0.25) is 0 Å². The fraction of sp³-hybridized carbons (Fsp3) is 0.600. The van der Waals surface area contributed by atoms with Crippen molar-refractivity contribution in [2.24, 2.45) is 4.99 Å². The Morgan fingerprint density at radius 2 is 2.23 bits per heavy atom. The van der Waals surface area contributed by atoms with Crippen molar-refractivity contribution in [2.75, 3.05) is 13.7 Å². The maximum absolute atomic E-state index is 10.6. The van der Waals surface area contributed by atoms with E-state index in [2.05, 4.69) is 28.8 Å². The van der Waals surface area contributed by atoms with E-state index >= 15 is 0 Å². The number of carbonyl (C=O) groups is 1. The van der Waals surface area contributed by atoms with Crippen LogP contribution >= 0.6 is 0 Å². The smallest absolute Gasteiger partial charge is 0.348 e. The standard InChI is InChI=1S/C10H17NO2/c1-3-4-5-6-7-8-11-9-10(12)13-2/h4-5,9H,3,6-8H2,1-2H3/b5-4-,11-9+. The van der Waals surface area contributed by atoms with Gasteiger partial charge in [0, 0.05) is 6.54 Å². The first-order valence-electron chi connectivity index (χ1n) is 4.54. The van der Waals surface area contributed by atoms with Crippen molar-refractivity contribution in [2.45, 2.75) is 26.2 Å². The van der Waals surface area contributed by atoms with E-state index in [4.69, 9.17) is 0 Å². The lowest BCUT2D eigenvalue weighted by Gasteiger charge is -1.91. The summed E-state index contributed by atoms with van der Waals surface area (Å²) < 4.78 is 4.39. The number of esters is 1. The van der Waals surface area contributed by atoms with Crippen LogP contribution in [0.4, 0.5) is 0 Å². The first-order valence-corrected chi connectivity index (χ1v) is 4.54. The highest BCUT2D eigenvalue weighted by Crippen LogP contribution is 1.92. The predicted octanol–water partition coefficient (Wildman–Crippen LogP) is 1.98. The van der Waals surface area contributed by atoms with Gasteiger partial charge in [0.15, 0.2) is 0 Å². The molecule has 0 bridgehead atoms. The summed E-state index contributed by atoms with van der Waals surface area (Å²) in [7, 11) is 1.35. The summed E-state index contributed by atoms with van der Waals surface area (Å²) in [5, 5.41) is 0. The Bertz CT molecular complexity index is 185. The van der Waals surface area contributed by atoms with Crippen molar-refractivity contribution < 1.29 is 9.53 Å². The monoisotopic (exact) mass is 183 g/mol. The van der Waals surface area contributed by atoms with Gasteiger partial charge in [-0.1, -0.05) is 19.1 Å². The zero-order chi connectivity index (χ0) is 9.94. The van der Waals surface area contributed by atoms with E-state index in [0.717, 1.165) is 19.3 Å². The molecule has 0 saturated heterocycles. The molecule has 0 aliphatic rings. The summed E-state index contributed by atoms with van der Waals surface area (Å²) in [6, 6.07) is 0. The number of carbonyl (C=O) groups excluding carboxylic acids is 1. The molecule has 0 spiro atoms. The molecule has 3 heteroatoms. The van der Waals surface area contributed by atoms with Crippen LogP contribution in [0.3, 0.4) is 0 Å². The predicted molar refractivity (Wildman–Crippen MR) is 54.0 cm³/mol. The molecule has 0 unspecified atom stereocenters. The van der Waals surface area contributed by atoms with Crippen LogP contribution < -0.4 is 0 Å². The average molecular weight is 183 g/mol. The van der Waals surface area contributed by atoms with Crippen LogP contribution in [0.25, 0.3) is 0 Å². The molecule has 0 aromatic carbocycles. The van der Waals surface area contributed by atoms with E-state index in [1.807, 2.05) is 0 Å². The normalized spacial score (nSPS) is 11.2. The van der Waals surface area contributed by atoms with Crippen LogP contribution in [0.5, 0.6) is 0 Å². The number of unbranched alkanes of at least 4 members (excludes halogenated alkanes) is 1. The molecule has 0 amide bonds. The molecular weight excluding hydrogens is 166 g/mol. The Morgan fingerprint density at radius 1 is 1.46 bits per heavy atom. The van der Waals surface area contributed by atoms with Crippen LogP contribution in [0.15, 0.2) is 17.1 Å². The third kappa shape index (κ3) is 8.79. The highest BCUT2D eigenvalue weighted by Gasteiger charge is 1.89. The zero-order valence-corrected chi connectivity index (χ0v) is 8.32. The van der Waals surface area contributed by atoms with E-state index < -0.39 is 0 Å². The number of ether oxygens (including phenoxy) is 1. The molecular formula is C10H17NO2. The number of hydrogen-bond acceptors (Lipinski definition) is 3. The quantitative estimate of drug-likeness (QED) is 0.273. The maximum Gasteiger partial charge on any atom is 0.348 e. The van der Waals surface area contributed by atoms with Gasteiger partial charge in [-0.15, -0.1) is 0 Å².